The summed E-state index contributed by atoms with van der Waals surface area (Å²) in [6.45, 7) is 5.54. The smallest absolute Gasteiger partial charge is 0.121 e. The fraction of sp³-hybridized carbons (Fsp3) is 0.400. The molecule has 0 aliphatic heterocycles. The minimum Gasteiger partial charge on any atom is -0.497 e. The zero-order valence-electron chi connectivity index (χ0n) is 12.4. The van der Waals surface area contributed by atoms with E-state index in [9.17, 15) is 0 Å². The topological polar surface area (TPSA) is 39.1 Å². The highest BCUT2D eigenvalue weighted by Crippen LogP contribution is 2.29. The van der Waals surface area contributed by atoms with Gasteiger partial charge in [-0.1, -0.05) is 18.5 Å². The number of anilines is 1. The van der Waals surface area contributed by atoms with Gasteiger partial charge in [-0.15, -0.1) is 0 Å². The van der Waals surface area contributed by atoms with Crippen molar-refractivity contribution in [2.75, 3.05) is 12.4 Å². The number of halogens is 2. The predicted octanol–water partition coefficient (Wildman–Crippen LogP) is 4.50. The third kappa shape index (κ3) is 3.52. The van der Waals surface area contributed by atoms with Gasteiger partial charge in [0.2, 0.25) is 0 Å². The van der Waals surface area contributed by atoms with E-state index < -0.39 is 0 Å². The van der Waals surface area contributed by atoms with Crippen LogP contribution < -0.4 is 10.1 Å². The molecule has 0 saturated carbocycles. The minimum absolute atomic E-state index is 0.617. The summed E-state index contributed by atoms with van der Waals surface area (Å²) in [5.74, 6) is 0.810. The lowest BCUT2D eigenvalue weighted by atomic mass is 10.2. The standard InChI is InChI=1S/C15H19BrClN3O/c1-4-12-15(17)14(20(5-2)19-12)9-18-13-8-10(21-3)6-7-11(13)16/h6-8,18H,4-5,9H2,1-3H3. The zero-order chi connectivity index (χ0) is 15.4. The van der Waals surface area contributed by atoms with Crippen LogP contribution in [0.5, 0.6) is 5.75 Å². The second-order valence-corrected chi connectivity index (χ2v) is 5.81. The lowest BCUT2D eigenvalue weighted by molar-refractivity contribution is 0.415. The molecular weight excluding hydrogens is 354 g/mol. The lowest BCUT2D eigenvalue weighted by Gasteiger charge is -2.11. The molecule has 0 bridgehead atoms. The van der Waals surface area contributed by atoms with E-state index in [0.717, 1.165) is 45.3 Å². The molecule has 0 radical (unpaired) electrons. The van der Waals surface area contributed by atoms with Crippen LogP contribution in [0.25, 0.3) is 0 Å². The number of rotatable bonds is 6. The molecule has 0 spiro atoms. The van der Waals surface area contributed by atoms with E-state index in [0.29, 0.717) is 6.54 Å². The van der Waals surface area contributed by atoms with E-state index in [1.165, 1.54) is 0 Å². The number of methoxy groups -OCH3 is 1. The summed E-state index contributed by atoms with van der Waals surface area (Å²) < 4.78 is 8.18. The van der Waals surface area contributed by atoms with E-state index >= 15 is 0 Å². The molecule has 0 amide bonds. The summed E-state index contributed by atoms with van der Waals surface area (Å²) in [5.41, 5.74) is 2.91. The number of nitrogens with one attached hydrogen (secondary N) is 1. The van der Waals surface area contributed by atoms with Crippen LogP contribution in [-0.4, -0.2) is 16.9 Å². The summed E-state index contributed by atoms with van der Waals surface area (Å²) in [6.07, 6.45) is 0.835. The molecule has 0 fully saturated rings. The molecule has 4 nitrogen and oxygen atoms in total. The largest absolute Gasteiger partial charge is 0.497 e. The third-order valence-corrected chi connectivity index (χ3v) is 4.44. The lowest BCUT2D eigenvalue weighted by Crippen LogP contribution is -2.08. The molecule has 6 heteroatoms. The van der Waals surface area contributed by atoms with Crippen LogP contribution >= 0.6 is 27.5 Å². The van der Waals surface area contributed by atoms with Crippen molar-refractivity contribution in [2.24, 2.45) is 0 Å². The normalized spacial score (nSPS) is 10.7. The summed E-state index contributed by atoms with van der Waals surface area (Å²) in [4.78, 5) is 0. The van der Waals surface area contributed by atoms with Crippen LogP contribution in [-0.2, 0) is 19.5 Å². The molecule has 2 rings (SSSR count). The number of ether oxygens (including phenoxy) is 1. The average molecular weight is 373 g/mol. The number of aryl methyl sites for hydroxylation is 2. The van der Waals surface area contributed by atoms with Crippen LogP contribution in [0.15, 0.2) is 22.7 Å². The van der Waals surface area contributed by atoms with E-state index in [4.69, 9.17) is 16.3 Å². The van der Waals surface area contributed by atoms with Gasteiger partial charge in [0.25, 0.3) is 0 Å². The van der Waals surface area contributed by atoms with Crippen LogP contribution in [0.2, 0.25) is 5.02 Å². The first-order valence-electron chi connectivity index (χ1n) is 6.92. The van der Waals surface area contributed by atoms with Crippen molar-refractivity contribution >= 4 is 33.2 Å². The van der Waals surface area contributed by atoms with Crippen molar-refractivity contribution in [1.29, 1.82) is 0 Å². The molecule has 0 aliphatic rings. The van der Waals surface area contributed by atoms with Gasteiger partial charge >= 0.3 is 0 Å². The van der Waals surface area contributed by atoms with Gasteiger partial charge in [0.15, 0.2) is 0 Å². The first kappa shape index (κ1) is 16.2. The average Bonchev–Trinajstić information content (AvgIpc) is 2.82. The summed E-state index contributed by atoms with van der Waals surface area (Å²) in [5, 5.41) is 8.66. The molecule has 1 aromatic heterocycles. The van der Waals surface area contributed by atoms with Crippen molar-refractivity contribution in [3.8, 4) is 5.75 Å². The number of nitrogens with zero attached hydrogens (tertiary/aromatic N) is 2. The van der Waals surface area contributed by atoms with Crippen molar-refractivity contribution in [3.05, 3.63) is 39.1 Å². The predicted molar refractivity (Wildman–Crippen MR) is 90.3 cm³/mol. The SMILES string of the molecule is CCc1nn(CC)c(CNc2cc(OC)ccc2Br)c1Cl. The van der Waals surface area contributed by atoms with Crippen LogP contribution in [0.1, 0.15) is 25.2 Å². The van der Waals surface area contributed by atoms with Gasteiger partial charge in [-0.05, 0) is 41.4 Å². The Morgan fingerprint density at radius 1 is 1.38 bits per heavy atom. The number of hydrogen-bond donors (Lipinski definition) is 1. The number of hydrogen-bond acceptors (Lipinski definition) is 3. The monoisotopic (exact) mass is 371 g/mol. The minimum atomic E-state index is 0.617. The fourth-order valence-corrected chi connectivity index (χ4v) is 2.85. The summed E-state index contributed by atoms with van der Waals surface area (Å²) in [7, 11) is 1.66. The van der Waals surface area contributed by atoms with Gasteiger partial charge in [-0.25, -0.2) is 0 Å². The Morgan fingerprint density at radius 3 is 2.76 bits per heavy atom. The molecular formula is C15H19BrClN3O. The molecule has 1 N–H and O–H groups in total. The van der Waals surface area contributed by atoms with Crippen molar-refractivity contribution in [1.82, 2.24) is 9.78 Å². The molecule has 0 atom stereocenters. The second-order valence-electron chi connectivity index (χ2n) is 4.58. The molecule has 1 aromatic carbocycles. The maximum atomic E-state index is 6.41. The maximum Gasteiger partial charge on any atom is 0.121 e. The van der Waals surface area contributed by atoms with Crippen molar-refractivity contribution in [3.63, 3.8) is 0 Å². The molecule has 0 saturated heterocycles. The molecule has 114 valence electrons. The Morgan fingerprint density at radius 2 is 2.14 bits per heavy atom. The maximum absolute atomic E-state index is 6.41. The van der Waals surface area contributed by atoms with Gasteiger partial charge in [0.1, 0.15) is 5.75 Å². The third-order valence-electron chi connectivity index (χ3n) is 3.31. The highest BCUT2D eigenvalue weighted by molar-refractivity contribution is 9.10. The highest BCUT2D eigenvalue weighted by Gasteiger charge is 2.14. The van der Waals surface area contributed by atoms with Crippen molar-refractivity contribution in [2.45, 2.75) is 33.4 Å². The Labute approximate surface area is 138 Å². The van der Waals surface area contributed by atoms with Crippen molar-refractivity contribution < 1.29 is 4.74 Å². The quantitative estimate of drug-likeness (QED) is 0.811. The highest BCUT2D eigenvalue weighted by atomic mass is 79.9. The number of benzene rings is 1. The Balaban J connectivity index is 2.22. The van der Waals surface area contributed by atoms with Gasteiger partial charge < -0.3 is 10.1 Å². The molecule has 2 aromatic rings. The first-order chi connectivity index (χ1) is 10.1. The van der Waals surface area contributed by atoms with E-state index in [-0.39, 0.29) is 0 Å². The van der Waals surface area contributed by atoms with Crippen LogP contribution in [0.4, 0.5) is 5.69 Å². The van der Waals surface area contributed by atoms with E-state index in [2.05, 4.69) is 40.2 Å². The zero-order valence-corrected chi connectivity index (χ0v) is 14.8. The van der Waals surface area contributed by atoms with Crippen LogP contribution in [0.3, 0.4) is 0 Å². The Hall–Kier alpha value is -1.20. The second kappa shape index (κ2) is 7.18. The van der Waals surface area contributed by atoms with Gasteiger partial charge in [0.05, 0.1) is 35.8 Å². The van der Waals surface area contributed by atoms with Gasteiger partial charge in [-0.2, -0.15) is 5.10 Å². The number of aromatic nitrogens is 2. The fourth-order valence-electron chi connectivity index (χ4n) is 2.13. The molecule has 0 aliphatic carbocycles. The van der Waals surface area contributed by atoms with Gasteiger partial charge in [0, 0.05) is 17.1 Å². The van der Waals surface area contributed by atoms with Gasteiger partial charge in [-0.3, -0.25) is 4.68 Å². The van der Waals surface area contributed by atoms with E-state index in [1.807, 2.05) is 22.9 Å². The Kier molecular flexibility index (Phi) is 5.53. The summed E-state index contributed by atoms with van der Waals surface area (Å²) in [6, 6.07) is 5.82. The first-order valence-corrected chi connectivity index (χ1v) is 8.09. The molecule has 0 unspecified atom stereocenters. The van der Waals surface area contributed by atoms with E-state index in [1.54, 1.807) is 7.11 Å². The molecule has 1 heterocycles. The Bertz CT molecular complexity index is 628. The summed E-state index contributed by atoms with van der Waals surface area (Å²) >= 11 is 9.95. The van der Waals surface area contributed by atoms with Crippen LogP contribution in [0, 0.1) is 0 Å². The molecule has 21 heavy (non-hydrogen) atoms.